The zero-order valence-electron chi connectivity index (χ0n) is 15.7. The Kier molecular flexibility index (Phi) is 5.99. The van der Waals surface area contributed by atoms with Crippen LogP contribution in [-0.4, -0.2) is 16.7 Å². The molecular formula is C22H19N3O4. The zero-order valence-corrected chi connectivity index (χ0v) is 15.7. The van der Waals surface area contributed by atoms with Crippen molar-refractivity contribution >= 4 is 23.2 Å². The number of nitro groups is 1. The van der Waals surface area contributed by atoms with E-state index in [2.05, 4.69) is 10.6 Å². The molecule has 7 nitrogen and oxygen atoms in total. The van der Waals surface area contributed by atoms with Crippen molar-refractivity contribution in [2.24, 2.45) is 0 Å². The lowest BCUT2D eigenvalue weighted by Gasteiger charge is -2.16. The molecule has 29 heavy (non-hydrogen) atoms. The van der Waals surface area contributed by atoms with Gasteiger partial charge in [-0.05, 0) is 36.8 Å². The van der Waals surface area contributed by atoms with Crippen LogP contribution in [0.25, 0.3) is 0 Å². The molecule has 0 aliphatic carbocycles. The van der Waals surface area contributed by atoms with Crippen molar-refractivity contribution in [2.45, 2.75) is 13.0 Å². The van der Waals surface area contributed by atoms with Crippen LogP contribution in [0.5, 0.6) is 0 Å². The van der Waals surface area contributed by atoms with Gasteiger partial charge in [0.05, 0.1) is 22.2 Å². The Labute approximate surface area is 167 Å². The Morgan fingerprint density at radius 2 is 1.48 bits per heavy atom. The summed E-state index contributed by atoms with van der Waals surface area (Å²) in [5.74, 6) is -0.780. The minimum atomic E-state index is -0.533. The van der Waals surface area contributed by atoms with E-state index in [9.17, 15) is 19.7 Å². The number of nitrogens with one attached hydrogen (secondary N) is 2. The number of non-ortho nitro benzene ring substituents is 1. The fraction of sp³-hybridized carbons (Fsp3) is 0.0909. The highest BCUT2D eigenvalue weighted by Gasteiger charge is 2.17. The molecule has 7 heteroatoms. The van der Waals surface area contributed by atoms with E-state index in [4.69, 9.17) is 0 Å². The lowest BCUT2D eigenvalue weighted by molar-refractivity contribution is -0.384. The number of rotatable bonds is 6. The Balaban J connectivity index is 1.75. The van der Waals surface area contributed by atoms with Crippen LogP contribution in [0.1, 0.15) is 39.2 Å². The molecule has 0 unspecified atom stereocenters. The van der Waals surface area contributed by atoms with Crippen LogP contribution in [-0.2, 0) is 0 Å². The Bertz CT molecular complexity index is 1030. The number of carbonyl (C=O) groups excluding carboxylic acids is 2. The highest BCUT2D eigenvalue weighted by molar-refractivity contribution is 6.09. The second-order valence-electron chi connectivity index (χ2n) is 6.41. The van der Waals surface area contributed by atoms with Gasteiger partial charge in [-0.25, -0.2) is 0 Å². The van der Waals surface area contributed by atoms with Gasteiger partial charge >= 0.3 is 0 Å². The minimum Gasteiger partial charge on any atom is -0.345 e. The predicted molar refractivity (Wildman–Crippen MR) is 110 cm³/mol. The molecule has 2 amide bonds. The molecule has 0 fully saturated rings. The quantitative estimate of drug-likeness (QED) is 0.484. The third kappa shape index (κ3) is 4.84. The number of benzene rings is 3. The Morgan fingerprint density at radius 1 is 0.862 bits per heavy atom. The van der Waals surface area contributed by atoms with Gasteiger partial charge in [0.15, 0.2) is 0 Å². The molecule has 0 spiro atoms. The molecule has 1 atom stereocenters. The fourth-order valence-electron chi connectivity index (χ4n) is 2.82. The van der Waals surface area contributed by atoms with Crippen LogP contribution in [0.15, 0.2) is 78.9 Å². The number of carbonyl (C=O) groups is 2. The number of nitrogens with zero attached hydrogens (tertiary/aromatic N) is 1. The van der Waals surface area contributed by atoms with E-state index in [1.807, 2.05) is 37.3 Å². The molecule has 0 saturated heterocycles. The van der Waals surface area contributed by atoms with Gasteiger partial charge in [-0.2, -0.15) is 0 Å². The first-order chi connectivity index (χ1) is 14.0. The van der Waals surface area contributed by atoms with Crippen molar-refractivity contribution in [3.05, 3.63) is 106 Å². The van der Waals surface area contributed by atoms with Gasteiger partial charge in [-0.3, -0.25) is 19.7 Å². The number of nitro benzene ring substituents is 1. The SMILES string of the molecule is C[C@H](NC(=O)c1ccccc1NC(=O)c1ccc([N+](=O)[O-])cc1)c1ccccc1. The van der Waals surface area contributed by atoms with E-state index in [0.717, 1.165) is 5.56 Å². The summed E-state index contributed by atoms with van der Waals surface area (Å²) in [6.07, 6.45) is 0. The number of para-hydroxylation sites is 1. The summed E-state index contributed by atoms with van der Waals surface area (Å²) in [6, 6.07) is 21.3. The largest absolute Gasteiger partial charge is 0.345 e. The van der Waals surface area contributed by atoms with Crippen LogP contribution >= 0.6 is 0 Å². The summed E-state index contributed by atoms with van der Waals surface area (Å²) in [5.41, 5.74) is 1.80. The second-order valence-corrected chi connectivity index (χ2v) is 6.41. The molecule has 0 radical (unpaired) electrons. The Hall–Kier alpha value is -4.00. The molecule has 0 bridgehead atoms. The molecule has 2 N–H and O–H groups in total. The molecule has 3 aromatic rings. The molecule has 0 saturated carbocycles. The monoisotopic (exact) mass is 389 g/mol. The van der Waals surface area contributed by atoms with Gasteiger partial charge < -0.3 is 10.6 Å². The van der Waals surface area contributed by atoms with Crippen LogP contribution in [0.4, 0.5) is 11.4 Å². The van der Waals surface area contributed by atoms with E-state index in [0.29, 0.717) is 11.3 Å². The summed E-state index contributed by atoms with van der Waals surface area (Å²) in [6.45, 7) is 1.88. The first-order valence-electron chi connectivity index (χ1n) is 8.96. The third-order valence-corrected chi connectivity index (χ3v) is 4.41. The highest BCUT2D eigenvalue weighted by Crippen LogP contribution is 2.19. The molecule has 146 valence electrons. The smallest absolute Gasteiger partial charge is 0.269 e. The molecular weight excluding hydrogens is 370 g/mol. The summed E-state index contributed by atoms with van der Waals surface area (Å²) >= 11 is 0. The average Bonchev–Trinajstić information content (AvgIpc) is 2.74. The van der Waals surface area contributed by atoms with E-state index in [-0.39, 0.29) is 23.2 Å². The fourth-order valence-corrected chi connectivity index (χ4v) is 2.82. The molecule has 0 aliphatic rings. The van der Waals surface area contributed by atoms with Gasteiger partial charge in [0.1, 0.15) is 0 Å². The number of amides is 2. The van der Waals surface area contributed by atoms with Crippen LogP contribution in [0, 0.1) is 10.1 Å². The maximum Gasteiger partial charge on any atom is 0.269 e. The van der Waals surface area contributed by atoms with Crippen molar-refractivity contribution in [3.8, 4) is 0 Å². The summed E-state index contributed by atoms with van der Waals surface area (Å²) < 4.78 is 0. The van der Waals surface area contributed by atoms with E-state index < -0.39 is 10.8 Å². The number of hydrogen-bond acceptors (Lipinski definition) is 4. The van der Waals surface area contributed by atoms with Gasteiger partial charge in [0.2, 0.25) is 0 Å². The molecule has 3 rings (SSSR count). The van der Waals surface area contributed by atoms with E-state index >= 15 is 0 Å². The van der Waals surface area contributed by atoms with E-state index in [1.165, 1.54) is 24.3 Å². The second kappa shape index (κ2) is 8.79. The molecule has 0 heterocycles. The van der Waals surface area contributed by atoms with Crippen molar-refractivity contribution < 1.29 is 14.5 Å². The number of anilines is 1. The lowest BCUT2D eigenvalue weighted by atomic mass is 10.1. The van der Waals surface area contributed by atoms with Gasteiger partial charge in [-0.1, -0.05) is 42.5 Å². The topological polar surface area (TPSA) is 101 Å². The third-order valence-electron chi connectivity index (χ3n) is 4.41. The highest BCUT2D eigenvalue weighted by atomic mass is 16.6. The van der Waals surface area contributed by atoms with Crippen LogP contribution in [0.3, 0.4) is 0 Å². The summed E-state index contributed by atoms with van der Waals surface area (Å²) in [5, 5.41) is 16.4. The zero-order chi connectivity index (χ0) is 20.8. The molecule has 3 aromatic carbocycles. The number of hydrogen-bond donors (Lipinski definition) is 2. The normalized spacial score (nSPS) is 11.3. The van der Waals surface area contributed by atoms with Crippen LogP contribution in [0.2, 0.25) is 0 Å². The first kappa shape index (κ1) is 19.8. The molecule has 0 aromatic heterocycles. The standard InChI is InChI=1S/C22H19N3O4/c1-15(16-7-3-2-4-8-16)23-22(27)19-9-5-6-10-20(19)24-21(26)17-11-13-18(14-12-17)25(28)29/h2-15H,1H3,(H,23,27)(H,24,26)/t15-/m0/s1. The summed E-state index contributed by atoms with van der Waals surface area (Å²) in [4.78, 5) is 35.5. The van der Waals surface area contributed by atoms with Crippen molar-refractivity contribution in [2.75, 3.05) is 5.32 Å². The lowest BCUT2D eigenvalue weighted by Crippen LogP contribution is -2.28. The van der Waals surface area contributed by atoms with Crippen LogP contribution < -0.4 is 10.6 Å². The van der Waals surface area contributed by atoms with Gasteiger partial charge in [0, 0.05) is 17.7 Å². The van der Waals surface area contributed by atoms with Crippen molar-refractivity contribution in [3.63, 3.8) is 0 Å². The van der Waals surface area contributed by atoms with Crippen molar-refractivity contribution in [1.29, 1.82) is 0 Å². The minimum absolute atomic E-state index is 0.101. The van der Waals surface area contributed by atoms with Crippen molar-refractivity contribution in [1.82, 2.24) is 5.32 Å². The summed E-state index contributed by atoms with van der Waals surface area (Å²) in [7, 11) is 0. The average molecular weight is 389 g/mol. The maximum absolute atomic E-state index is 12.7. The predicted octanol–water partition coefficient (Wildman–Crippen LogP) is 4.34. The Morgan fingerprint density at radius 3 is 2.14 bits per heavy atom. The maximum atomic E-state index is 12.7. The first-order valence-corrected chi connectivity index (χ1v) is 8.96. The molecule has 0 aliphatic heterocycles. The van der Waals surface area contributed by atoms with Gasteiger partial charge in [0.25, 0.3) is 17.5 Å². The van der Waals surface area contributed by atoms with E-state index in [1.54, 1.807) is 24.3 Å². The van der Waals surface area contributed by atoms with Gasteiger partial charge in [-0.15, -0.1) is 0 Å².